The molecule has 4 heteroatoms. The molecule has 0 aromatic heterocycles. The summed E-state index contributed by atoms with van der Waals surface area (Å²) in [5.74, 6) is -0.906. The number of carboxylic acids is 1. The quantitative estimate of drug-likeness (QED) is 0.534. The summed E-state index contributed by atoms with van der Waals surface area (Å²) >= 11 is 0. The number of carbonyl (C=O) groups is 1. The normalized spacial score (nSPS) is 12.6. The van der Waals surface area contributed by atoms with Crippen molar-refractivity contribution in [1.82, 2.24) is 0 Å². The second-order valence-electron chi connectivity index (χ2n) is 4.04. The van der Waals surface area contributed by atoms with Gasteiger partial charge >= 0.3 is 5.97 Å². The molecule has 0 fully saturated rings. The Morgan fingerprint density at radius 1 is 1.25 bits per heavy atom. The highest BCUT2D eigenvalue weighted by Gasteiger charge is 2.16. The fraction of sp³-hybridized carbons (Fsp3) is 0.917. The molecule has 96 valence electrons. The van der Waals surface area contributed by atoms with E-state index in [-0.39, 0.29) is 0 Å². The van der Waals surface area contributed by atoms with E-state index in [9.17, 15) is 4.79 Å². The first-order valence-corrected chi connectivity index (χ1v) is 6.26. The van der Waals surface area contributed by atoms with Gasteiger partial charge in [0.05, 0.1) is 0 Å². The Bertz CT molecular complexity index is 174. The van der Waals surface area contributed by atoms with E-state index >= 15 is 0 Å². The zero-order valence-corrected chi connectivity index (χ0v) is 10.3. The summed E-state index contributed by atoms with van der Waals surface area (Å²) in [5, 5.41) is 8.80. The van der Waals surface area contributed by atoms with Crippen molar-refractivity contribution >= 4 is 5.97 Å². The van der Waals surface area contributed by atoms with Gasteiger partial charge < -0.3 is 15.6 Å². The van der Waals surface area contributed by atoms with Gasteiger partial charge in [-0.1, -0.05) is 39.0 Å². The maximum atomic E-state index is 10.7. The number of nitrogens with two attached hydrogens (primary N) is 1. The molecule has 0 saturated heterocycles. The molecule has 1 atom stereocenters. The Labute approximate surface area is 98.2 Å². The van der Waals surface area contributed by atoms with Crippen LogP contribution >= 0.6 is 0 Å². The van der Waals surface area contributed by atoms with Crippen molar-refractivity contribution in [2.75, 3.05) is 13.2 Å². The van der Waals surface area contributed by atoms with Gasteiger partial charge in [0.25, 0.3) is 0 Å². The van der Waals surface area contributed by atoms with Crippen molar-refractivity contribution in [1.29, 1.82) is 0 Å². The summed E-state index contributed by atoms with van der Waals surface area (Å²) in [5.41, 5.74) is 5.31. The minimum Gasteiger partial charge on any atom is -0.479 e. The molecular weight excluding hydrogens is 206 g/mol. The molecule has 0 rings (SSSR count). The maximum absolute atomic E-state index is 10.7. The van der Waals surface area contributed by atoms with Crippen LogP contribution in [0.2, 0.25) is 0 Å². The number of unbranched alkanes of at least 4 members (excludes halogenated alkanes) is 5. The number of rotatable bonds is 11. The van der Waals surface area contributed by atoms with Crippen LogP contribution in [0.4, 0.5) is 0 Å². The van der Waals surface area contributed by atoms with Crippen LogP contribution in [-0.2, 0) is 9.53 Å². The van der Waals surface area contributed by atoms with Gasteiger partial charge in [0.15, 0.2) is 6.10 Å². The third-order valence-corrected chi connectivity index (χ3v) is 2.52. The van der Waals surface area contributed by atoms with E-state index in [2.05, 4.69) is 6.92 Å². The molecule has 0 heterocycles. The van der Waals surface area contributed by atoms with Crippen LogP contribution in [0.3, 0.4) is 0 Å². The largest absolute Gasteiger partial charge is 0.479 e. The van der Waals surface area contributed by atoms with E-state index in [0.29, 0.717) is 19.6 Å². The van der Waals surface area contributed by atoms with Crippen LogP contribution in [0, 0.1) is 0 Å². The van der Waals surface area contributed by atoms with E-state index in [1.807, 2.05) is 0 Å². The first kappa shape index (κ1) is 15.4. The van der Waals surface area contributed by atoms with Crippen molar-refractivity contribution in [2.24, 2.45) is 5.73 Å². The summed E-state index contributed by atoms with van der Waals surface area (Å²) in [6.07, 6.45) is 6.74. The lowest BCUT2D eigenvalue weighted by molar-refractivity contribution is -0.150. The second kappa shape index (κ2) is 10.9. The minimum absolute atomic E-state index is 0.355. The van der Waals surface area contributed by atoms with Crippen molar-refractivity contribution in [3.63, 3.8) is 0 Å². The van der Waals surface area contributed by atoms with Gasteiger partial charge in [0, 0.05) is 6.61 Å². The fourth-order valence-electron chi connectivity index (χ4n) is 1.54. The Kier molecular flexibility index (Phi) is 10.5. The standard InChI is InChI=1S/C12H25NO3/c1-2-3-4-5-6-7-10-16-11(8-9-13)12(14)15/h11H,2-10,13H2,1H3,(H,14,15). The highest BCUT2D eigenvalue weighted by molar-refractivity contribution is 5.72. The highest BCUT2D eigenvalue weighted by atomic mass is 16.5. The van der Waals surface area contributed by atoms with Crippen LogP contribution < -0.4 is 5.73 Å². The van der Waals surface area contributed by atoms with Gasteiger partial charge in [-0.15, -0.1) is 0 Å². The number of carboxylic acid groups (broad SMARTS) is 1. The van der Waals surface area contributed by atoms with Gasteiger partial charge in [-0.05, 0) is 19.4 Å². The van der Waals surface area contributed by atoms with Gasteiger partial charge in [-0.3, -0.25) is 0 Å². The summed E-state index contributed by atoms with van der Waals surface area (Å²) in [6, 6.07) is 0. The fourth-order valence-corrected chi connectivity index (χ4v) is 1.54. The predicted octanol–water partition coefficient (Wildman–Crippen LogP) is 2.17. The van der Waals surface area contributed by atoms with Gasteiger partial charge in [0.1, 0.15) is 0 Å². The third kappa shape index (κ3) is 8.68. The van der Waals surface area contributed by atoms with Crippen molar-refractivity contribution in [3.05, 3.63) is 0 Å². The molecule has 0 aliphatic heterocycles. The Hall–Kier alpha value is -0.610. The van der Waals surface area contributed by atoms with Crippen LogP contribution in [0.15, 0.2) is 0 Å². The number of hydrogen-bond donors (Lipinski definition) is 2. The number of ether oxygens (including phenoxy) is 1. The van der Waals surface area contributed by atoms with Crippen LogP contribution in [0.5, 0.6) is 0 Å². The van der Waals surface area contributed by atoms with Crippen molar-refractivity contribution in [3.8, 4) is 0 Å². The first-order chi connectivity index (χ1) is 7.72. The van der Waals surface area contributed by atoms with E-state index in [1.165, 1.54) is 25.7 Å². The smallest absolute Gasteiger partial charge is 0.332 e. The molecular formula is C12H25NO3. The van der Waals surface area contributed by atoms with E-state index in [0.717, 1.165) is 12.8 Å². The molecule has 0 aliphatic carbocycles. The molecule has 0 saturated carbocycles. The average Bonchev–Trinajstić information content (AvgIpc) is 2.26. The molecule has 3 N–H and O–H groups in total. The van der Waals surface area contributed by atoms with Gasteiger partial charge in [-0.2, -0.15) is 0 Å². The summed E-state index contributed by atoms with van der Waals surface area (Å²) in [6.45, 7) is 3.07. The molecule has 0 bridgehead atoms. The lowest BCUT2D eigenvalue weighted by Crippen LogP contribution is -2.27. The predicted molar refractivity (Wildman–Crippen MR) is 64.4 cm³/mol. The zero-order valence-electron chi connectivity index (χ0n) is 10.3. The molecule has 1 unspecified atom stereocenters. The Morgan fingerprint density at radius 3 is 2.44 bits per heavy atom. The van der Waals surface area contributed by atoms with Crippen LogP contribution in [-0.4, -0.2) is 30.3 Å². The number of hydrogen-bond acceptors (Lipinski definition) is 3. The Balaban J connectivity index is 3.37. The molecule has 0 aliphatic rings. The van der Waals surface area contributed by atoms with Crippen molar-refractivity contribution < 1.29 is 14.6 Å². The molecule has 0 amide bonds. The van der Waals surface area contributed by atoms with E-state index in [1.54, 1.807) is 0 Å². The topological polar surface area (TPSA) is 72.5 Å². The summed E-state index contributed by atoms with van der Waals surface area (Å²) in [7, 11) is 0. The monoisotopic (exact) mass is 231 g/mol. The molecule has 0 aromatic rings. The van der Waals surface area contributed by atoms with E-state index in [4.69, 9.17) is 15.6 Å². The lowest BCUT2D eigenvalue weighted by atomic mass is 10.1. The average molecular weight is 231 g/mol. The molecule has 4 nitrogen and oxygen atoms in total. The minimum atomic E-state index is -0.906. The maximum Gasteiger partial charge on any atom is 0.332 e. The van der Waals surface area contributed by atoms with Gasteiger partial charge in [-0.25, -0.2) is 4.79 Å². The molecule has 0 aromatic carbocycles. The first-order valence-electron chi connectivity index (χ1n) is 6.26. The molecule has 16 heavy (non-hydrogen) atoms. The number of aliphatic carboxylic acids is 1. The van der Waals surface area contributed by atoms with Gasteiger partial charge in [0.2, 0.25) is 0 Å². The summed E-state index contributed by atoms with van der Waals surface area (Å²) < 4.78 is 5.27. The SMILES string of the molecule is CCCCCCCCOC(CCN)C(=O)O. The lowest BCUT2D eigenvalue weighted by Gasteiger charge is -2.12. The van der Waals surface area contributed by atoms with Crippen LogP contribution in [0.25, 0.3) is 0 Å². The summed E-state index contributed by atoms with van der Waals surface area (Å²) in [4.78, 5) is 10.7. The second-order valence-corrected chi connectivity index (χ2v) is 4.04. The third-order valence-electron chi connectivity index (χ3n) is 2.52. The van der Waals surface area contributed by atoms with Crippen molar-refractivity contribution in [2.45, 2.75) is 58.0 Å². The molecule has 0 radical (unpaired) electrons. The highest BCUT2D eigenvalue weighted by Crippen LogP contribution is 2.06. The zero-order chi connectivity index (χ0) is 12.2. The Morgan fingerprint density at radius 2 is 1.88 bits per heavy atom. The molecule has 0 spiro atoms. The van der Waals surface area contributed by atoms with Crippen LogP contribution in [0.1, 0.15) is 51.9 Å². The van der Waals surface area contributed by atoms with E-state index < -0.39 is 12.1 Å².